The van der Waals surface area contributed by atoms with Crippen LogP contribution in [0.25, 0.3) is 0 Å². The third kappa shape index (κ3) is 1.33. The van der Waals surface area contributed by atoms with Crippen molar-refractivity contribution in [3.63, 3.8) is 0 Å². The van der Waals surface area contributed by atoms with Gasteiger partial charge in [-0.25, -0.2) is 8.78 Å². The molecule has 2 rings (SSSR count). The van der Waals surface area contributed by atoms with E-state index in [1.807, 2.05) is 0 Å². The van der Waals surface area contributed by atoms with Crippen molar-refractivity contribution in [2.75, 3.05) is 0 Å². The number of halogens is 2. The van der Waals surface area contributed by atoms with E-state index in [4.69, 9.17) is 5.73 Å². The van der Waals surface area contributed by atoms with Gasteiger partial charge in [0.05, 0.1) is 0 Å². The molecule has 1 nitrogen and oxygen atoms in total. The average Bonchev–Trinajstić information content (AvgIpc) is 2.05. The van der Waals surface area contributed by atoms with Gasteiger partial charge in [-0.05, 0) is 37.5 Å². The Morgan fingerprint density at radius 2 is 1.92 bits per heavy atom. The van der Waals surface area contributed by atoms with Crippen LogP contribution in [0.2, 0.25) is 0 Å². The van der Waals surface area contributed by atoms with Gasteiger partial charge in [0.2, 0.25) is 0 Å². The first-order valence-electron chi connectivity index (χ1n) is 4.36. The van der Waals surface area contributed by atoms with Crippen molar-refractivity contribution >= 4 is 0 Å². The lowest BCUT2D eigenvalue weighted by atomic mass is 9.72. The number of hydrogen-bond acceptors (Lipinski definition) is 1. The standard InChI is InChI=1S/C10H11F2N/c11-7-2-3-9(12)8(6-7)10(13)4-1-5-10/h2-3,6H,1,4-5,13H2. The molecule has 1 aromatic rings. The van der Waals surface area contributed by atoms with Gasteiger partial charge in [0.25, 0.3) is 0 Å². The van der Waals surface area contributed by atoms with Crippen LogP contribution in [0.4, 0.5) is 8.78 Å². The van der Waals surface area contributed by atoms with Crippen LogP contribution in [0.3, 0.4) is 0 Å². The van der Waals surface area contributed by atoms with Crippen LogP contribution in [0.15, 0.2) is 18.2 Å². The molecule has 1 aliphatic carbocycles. The Bertz CT molecular complexity index is 332. The zero-order valence-electron chi connectivity index (χ0n) is 7.19. The molecule has 3 heteroatoms. The molecule has 0 aliphatic heterocycles. The fourth-order valence-corrected chi connectivity index (χ4v) is 1.71. The Labute approximate surface area is 75.6 Å². The van der Waals surface area contributed by atoms with Gasteiger partial charge in [-0.1, -0.05) is 0 Å². The van der Waals surface area contributed by atoms with E-state index in [9.17, 15) is 8.78 Å². The lowest BCUT2D eigenvalue weighted by molar-refractivity contribution is 0.244. The maximum absolute atomic E-state index is 13.2. The molecule has 1 fully saturated rings. The maximum Gasteiger partial charge on any atom is 0.128 e. The Hall–Kier alpha value is -0.960. The number of hydrogen-bond donors (Lipinski definition) is 1. The Morgan fingerprint density at radius 3 is 2.46 bits per heavy atom. The first-order chi connectivity index (χ1) is 6.12. The quantitative estimate of drug-likeness (QED) is 0.710. The first-order valence-corrected chi connectivity index (χ1v) is 4.36. The molecule has 0 atom stereocenters. The summed E-state index contributed by atoms with van der Waals surface area (Å²) in [5.41, 5.74) is 5.59. The Morgan fingerprint density at radius 1 is 1.23 bits per heavy atom. The third-order valence-corrected chi connectivity index (χ3v) is 2.71. The molecule has 0 spiro atoms. The van der Waals surface area contributed by atoms with Gasteiger partial charge in [-0.2, -0.15) is 0 Å². The van der Waals surface area contributed by atoms with Gasteiger partial charge >= 0.3 is 0 Å². The summed E-state index contributed by atoms with van der Waals surface area (Å²) in [6, 6.07) is 3.45. The van der Waals surface area contributed by atoms with Crippen LogP contribution >= 0.6 is 0 Å². The second-order valence-corrected chi connectivity index (χ2v) is 3.63. The van der Waals surface area contributed by atoms with Crippen LogP contribution in [0.1, 0.15) is 24.8 Å². The van der Waals surface area contributed by atoms with Gasteiger partial charge in [-0.15, -0.1) is 0 Å². The van der Waals surface area contributed by atoms with E-state index < -0.39 is 17.2 Å². The zero-order chi connectivity index (χ0) is 9.47. The summed E-state index contributed by atoms with van der Waals surface area (Å²) < 4.78 is 26.1. The van der Waals surface area contributed by atoms with Crippen molar-refractivity contribution in [3.05, 3.63) is 35.4 Å². The fraction of sp³-hybridized carbons (Fsp3) is 0.400. The molecule has 0 aromatic heterocycles. The minimum absolute atomic E-state index is 0.318. The van der Waals surface area contributed by atoms with Crippen molar-refractivity contribution in [3.8, 4) is 0 Å². The lowest BCUT2D eigenvalue weighted by Gasteiger charge is -2.38. The minimum Gasteiger partial charge on any atom is -0.321 e. The van der Waals surface area contributed by atoms with E-state index in [0.717, 1.165) is 31.4 Å². The van der Waals surface area contributed by atoms with Crippen molar-refractivity contribution in [2.45, 2.75) is 24.8 Å². The van der Waals surface area contributed by atoms with Crippen LogP contribution in [0.5, 0.6) is 0 Å². The van der Waals surface area contributed by atoms with Crippen molar-refractivity contribution in [2.24, 2.45) is 5.73 Å². The Kier molecular flexibility index (Phi) is 1.84. The molecule has 1 aromatic carbocycles. The van der Waals surface area contributed by atoms with Gasteiger partial charge < -0.3 is 5.73 Å². The minimum atomic E-state index is -0.619. The van der Waals surface area contributed by atoms with E-state index >= 15 is 0 Å². The van der Waals surface area contributed by atoms with Gasteiger partial charge in [0.1, 0.15) is 11.6 Å². The van der Waals surface area contributed by atoms with Crippen molar-refractivity contribution < 1.29 is 8.78 Å². The molecular formula is C10H11F2N. The van der Waals surface area contributed by atoms with Crippen LogP contribution in [0, 0.1) is 11.6 Å². The van der Waals surface area contributed by atoms with Gasteiger partial charge in [0, 0.05) is 11.1 Å². The first kappa shape index (κ1) is 8.63. The zero-order valence-corrected chi connectivity index (χ0v) is 7.19. The third-order valence-electron chi connectivity index (χ3n) is 2.71. The summed E-state index contributed by atoms with van der Waals surface area (Å²) >= 11 is 0. The normalized spacial score (nSPS) is 19.6. The molecule has 13 heavy (non-hydrogen) atoms. The molecule has 0 bridgehead atoms. The largest absolute Gasteiger partial charge is 0.321 e. The molecule has 1 aliphatic rings. The molecule has 0 unspecified atom stereocenters. The molecular weight excluding hydrogens is 172 g/mol. The number of benzene rings is 1. The summed E-state index contributed by atoms with van der Waals surface area (Å²) in [4.78, 5) is 0. The molecule has 1 saturated carbocycles. The summed E-state index contributed by atoms with van der Waals surface area (Å²) in [5.74, 6) is -0.822. The topological polar surface area (TPSA) is 26.0 Å². The van der Waals surface area contributed by atoms with Gasteiger partial charge in [-0.3, -0.25) is 0 Å². The van der Waals surface area contributed by atoms with E-state index in [0.29, 0.717) is 5.56 Å². The lowest BCUT2D eigenvalue weighted by Crippen LogP contribution is -2.44. The summed E-state index contributed by atoms with van der Waals surface area (Å²) in [6.45, 7) is 0. The van der Waals surface area contributed by atoms with E-state index in [2.05, 4.69) is 0 Å². The SMILES string of the molecule is NC1(c2cc(F)ccc2F)CCC1. The number of rotatable bonds is 1. The van der Waals surface area contributed by atoms with Crippen LogP contribution in [-0.2, 0) is 5.54 Å². The smallest absolute Gasteiger partial charge is 0.128 e. The molecule has 0 saturated heterocycles. The highest BCUT2D eigenvalue weighted by molar-refractivity contribution is 5.28. The number of nitrogens with two attached hydrogens (primary N) is 1. The van der Waals surface area contributed by atoms with Gasteiger partial charge in [0.15, 0.2) is 0 Å². The summed E-state index contributed by atoms with van der Waals surface area (Å²) in [7, 11) is 0. The van der Waals surface area contributed by atoms with E-state index in [-0.39, 0.29) is 0 Å². The summed E-state index contributed by atoms with van der Waals surface area (Å²) in [5, 5.41) is 0. The van der Waals surface area contributed by atoms with Crippen LogP contribution < -0.4 is 5.73 Å². The van der Waals surface area contributed by atoms with Crippen LogP contribution in [-0.4, -0.2) is 0 Å². The van der Waals surface area contributed by atoms with E-state index in [1.165, 1.54) is 6.07 Å². The highest BCUT2D eigenvalue weighted by Crippen LogP contribution is 2.39. The maximum atomic E-state index is 13.2. The monoisotopic (exact) mass is 183 g/mol. The molecule has 0 amide bonds. The highest BCUT2D eigenvalue weighted by atomic mass is 19.1. The fourth-order valence-electron chi connectivity index (χ4n) is 1.71. The second kappa shape index (κ2) is 2.77. The molecule has 2 N–H and O–H groups in total. The predicted octanol–water partition coefficient (Wildman–Crippen LogP) is 2.30. The van der Waals surface area contributed by atoms with Crippen molar-refractivity contribution in [1.29, 1.82) is 0 Å². The molecule has 70 valence electrons. The average molecular weight is 183 g/mol. The molecule has 0 heterocycles. The van der Waals surface area contributed by atoms with Crippen molar-refractivity contribution in [1.82, 2.24) is 0 Å². The Balaban J connectivity index is 2.43. The summed E-state index contributed by atoms with van der Waals surface area (Å²) in [6.07, 6.45) is 2.48. The second-order valence-electron chi connectivity index (χ2n) is 3.63. The predicted molar refractivity (Wildman–Crippen MR) is 46.1 cm³/mol. The van der Waals surface area contributed by atoms with E-state index in [1.54, 1.807) is 0 Å². The highest BCUT2D eigenvalue weighted by Gasteiger charge is 2.36. The molecule has 0 radical (unpaired) electrons.